The van der Waals surface area contributed by atoms with Gasteiger partial charge in [-0.1, -0.05) is 32.9 Å². The molecule has 0 saturated carbocycles. The Balaban J connectivity index is 2.39. The van der Waals surface area contributed by atoms with Crippen LogP contribution in [0.5, 0.6) is 0 Å². The molecule has 0 unspecified atom stereocenters. The molecule has 2 rings (SSSR count). The maximum absolute atomic E-state index is 12.5. The summed E-state index contributed by atoms with van der Waals surface area (Å²) < 4.78 is 27.7. The fourth-order valence-electron chi connectivity index (χ4n) is 2.11. The summed E-state index contributed by atoms with van der Waals surface area (Å²) in [7, 11) is -3.68. The molecule has 0 aliphatic heterocycles. The predicted octanol–water partition coefficient (Wildman–Crippen LogP) is 3.97. The fourth-order valence-corrected chi connectivity index (χ4v) is 3.23. The number of benzene rings is 2. The van der Waals surface area contributed by atoms with Crippen LogP contribution in [-0.2, 0) is 15.4 Å². The minimum Gasteiger partial charge on any atom is -0.279 e. The number of hydrogen-bond donors (Lipinski definition) is 1. The van der Waals surface area contributed by atoms with Crippen LogP contribution in [0.3, 0.4) is 0 Å². The van der Waals surface area contributed by atoms with Crippen LogP contribution >= 0.6 is 0 Å². The highest BCUT2D eigenvalue weighted by Gasteiger charge is 2.18. The van der Waals surface area contributed by atoms with Gasteiger partial charge in [0, 0.05) is 0 Å². The summed E-state index contributed by atoms with van der Waals surface area (Å²) >= 11 is 0. The second-order valence-corrected chi connectivity index (χ2v) is 8.20. The molecular formula is C18H20N2O2S. The minimum atomic E-state index is -3.68. The number of sulfonamides is 1. The largest absolute Gasteiger partial charge is 0.279 e. The van der Waals surface area contributed by atoms with Crippen LogP contribution in [-0.4, -0.2) is 8.42 Å². The van der Waals surface area contributed by atoms with Crippen molar-refractivity contribution in [3.05, 3.63) is 59.2 Å². The molecule has 0 amide bonds. The number of nitrogens with one attached hydrogen (secondary N) is 1. The van der Waals surface area contributed by atoms with Crippen molar-refractivity contribution < 1.29 is 8.42 Å². The molecule has 2 aromatic rings. The molecule has 120 valence electrons. The molecule has 0 spiro atoms. The Morgan fingerprint density at radius 3 is 2.17 bits per heavy atom. The lowest BCUT2D eigenvalue weighted by Gasteiger charge is -2.21. The molecule has 1 N–H and O–H groups in total. The number of rotatable bonds is 3. The molecule has 0 radical (unpaired) electrons. The van der Waals surface area contributed by atoms with Crippen molar-refractivity contribution in [3.63, 3.8) is 0 Å². The van der Waals surface area contributed by atoms with Gasteiger partial charge in [-0.25, -0.2) is 8.42 Å². The maximum atomic E-state index is 12.5. The molecule has 0 aliphatic carbocycles. The van der Waals surface area contributed by atoms with Crippen LogP contribution in [0.2, 0.25) is 0 Å². The van der Waals surface area contributed by atoms with E-state index in [1.54, 1.807) is 0 Å². The van der Waals surface area contributed by atoms with Gasteiger partial charge in [0.25, 0.3) is 10.0 Å². The number of aryl methyl sites for hydroxylation is 1. The molecule has 0 aliphatic rings. The number of hydrogen-bond acceptors (Lipinski definition) is 3. The first-order valence-corrected chi connectivity index (χ1v) is 8.76. The first-order chi connectivity index (χ1) is 10.6. The van der Waals surface area contributed by atoms with Crippen LogP contribution in [0.4, 0.5) is 5.69 Å². The van der Waals surface area contributed by atoms with Gasteiger partial charge in [-0.3, -0.25) is 4.72 Å². The summed E-state index contributed by atoms with van der Waals surface area (Å²) in [6, 6.07) is 13.6. The van der Waals surface area contributed by atoms with Crippen LogP contribution in [0.25, 0.3) is 0 Å². The monoisotopic (exact) mass is 328 g/mol. The minimum absolute atomic E-state index is 0.0671. The zero-order valence-electron chi connectivity index (χ0n) is 13.7. The van der Waals surface area contributed by atoms with Crippen molar-refractivity contribution in [2.45, 2.75) is 38.0 Å². The van der Waals surface area contributed by atoms with E-state index >= 15 is 0 Å². The highest BCUT2D eigenvalue weighted by atomic mass is 32.2. The summed E-state index contributed by atoms with van der Waals surface area (Å²) in [4.78, 5) is 0.136. The third kappa shape index (κ3) is 3.91. The molecule has 0 fully saturated rings. The van der Waals surface area contributed by atoms with E-state index in [0.717, 1.165) is 11.1 Å². The predicted molar refractivity (Wildman–Crippen MR) is 91.8 cm³/mol. The van der Waals surface area contributed by atoms with E-state index < -0.39 is 10.0 Å². The zero-order valence-corrected chi connectivity index (χ0v) is 14.5. The fraction of sp³-hybridized carbons (Fsp3) is 0.278. The smallest absolute Gasteiger partial charge is 0.261 e. The molecule has 0 heterocycles. The molecule has 0 atom stereocenters. The van der Waals surface area contributed by atoms with Crippen molar-refractivity contribution in [1.29, 1.82) is 5.26 Å². The van der Waals surface area contributed by atoms with Crippen LogP contribution in [0.1, 0.15) is 37.5 Å². The lowest BCUT2D eigenvalue weighted by Crippen LogP contribution is -2.16. The normalized spacial score (nSPS) is 11.8. The standard InChI is InChI=1S/C18H20N2O2S/c1-13-5-8-15(18(2,3)4)11-17(13)20-23(21,22)16-9-6-14(12-19)7-10-16/h5-11,20H,1-4H3. The van der Waals surface area contributed by atoms with Crippen LogP contribution in [0, 0.1) is 18.3 Å². The average Bonchev–Trinajstić information content (AvgIpc) is 2.48. The van der Waals surface area contributed by atoms with Gasteiger partial charge in [-0.2, -0.15) is 5.26 Å². The van der Waals surface area contributed by atoms with E-state index in [4.69, 9.17) is 5.26 Å². The third-order valence-electron chi connectivity index (χ3n) is 3.64. The van der Waals surface area contributed by atoms with E-state index in [2.05, 4.69) is 25.5 Å². The number of anilines is 1. The second kappa shape index (κ2) is 6.05. The van der Waals surface area contributed by atoms with Gasteiger partial charge < -0.3 is 0 Å². The SMILES string of the molecule is Cc1ccc(C(C)(C)C)cc1NS(=O)(=O)c1ccc(C#N)cc1. The summed E-state index contributed by atoms with van der Waals surface area (Å²) in [5, 5.41) is 8.79. The second-order valence-electron chi connectivity index (χ2n) is 6.52. The Kier molecular flexibility index (Phi) is 4.49. The summed E-state index contributed by atoms with van der Waals surface area (Å²) in [6.07, 6.45) is 0. The number of nitriles is 1. The van der Waals surface area contributed by atoms with Gasteiger partial charge in [0.1, 0.15) is 0 Å². The lowest BCUT2D eigenvalue weighted by atomic mass is 9.86. The van der Waals surface area contributed by atoms with E-state index in [1.165, 1.54) is 24.3 Å². The quantitative estimate of drug-likeness (QED) is 0.927. The lowest BCUT2D eigenvalue weighted by molar-refractivity contribution is 0.589. The molecule has 0 bridgehead atoms. The van der Waals surface area contributed by atoms with E-state index in [1.807, 2.05) is 31.2 Å². The Hall–Kier alpha value is -2.32. The van der Waals surface area contributed by atoms with Gasteiger partial charge in [-0.15, -0.1) is 0 Å². The molecular weight excluding hydrogens is 308 g/mol. The van der Waals surface area contributed by atoms with Gasteiger partial charge in [0.2, 0.25) is 0 Å². The molecule has 2 aromatic carbocycles. The first kappa shape index (κ1) is 17.0. The van der Waals surface area contributed by atoms with Crippen molar-refractivity contribution in [1.82, 2.24) is 0 Å². The molecule has 0 aromatic heterocycles. The van der Waals surface area contributed by atoms with Gasteiger partial charge in [0.05, 0.1) is 22.2 Å². The Labute approximate surface area is 137 Å². The summed E-state index contributed by atoms with van der Waals surface area (Å²) in [6.45, 7) is 8.10. The Bertz CT molecular complexity index is 855. The van der Waals surface area contributed by atoms with Crippen LogP contribution in [0.15, 0.2) is 47.4 Å². The Morgan fingerprint density at radius 1 is 1.04 bits per heavy atom. The van der Waals surface area contributed by atoms with Gasteiger partial charge in [0.15, 0.2) is 0 Å². The number of nitrogens with zero attached hydrogens (tertiary/aromatic N) is 1. The first-order valence-electron chi connectivity index (χ1n) is 7.27. The molecule has 4 nitrogen and oxygen atoms in total. The third-order valence-corrected chi connectivity index (χ3v) is 5.02. The summed E-state index contributed by atoms with van der Waals surface area (Å²) in [5.41, 5.74) is 2.84. The molecule has 23 heavy (non-hydrogen) atoms. The molecule has 0 saturated heterocycles. The van der Waals surface area contributed by atoms with Crippen molar-refractivity contribution >= 4 is 15.7 Å². The van der Waals surface area contributed by atoms with E-state index in [9.17, 15) is 8.42 Å². The highest BCUT2D eigenvalue weighted by molar-refractivity contribution is 7.92. The average molecular weight is 328 g/mol. The zero-order chi connectivity index (χ0) is 17.3. The topological polar surface area (TPSA) is 70.0 Å². The highest BCUT2D eigenvalue weighted by Crippen LogP contribution is 2.28. The summed E-state index contributed by atoms with van der Waals surface area (Å²) in [5.74, 6) is 0. The van der Waals surface area contributed by atoms with Crippen molar-refractivity contribution in [3.8, 4) is 6.07 Å². The molecule has 5 heteroatoms. The van der Waals surface area contributed by atoms with Gasteiger partial charge >= 0.3 is 0 Å². The van der Waals surface area contributed by atoms with E-state index in [-0.39, 0.29) is 10.3 Å². The van der Waals surface area contributed by atoms with E-state index in [0.29, 0.717) is 11.3 Å². The van der Waals surface area contributed by atoms with Gasteiger partial charge in [-0.05, 0) is 53.8 Å². The maximum Gasteiger partial charge on any atom is 0.261 e. The van der Waals surface area contributed by atoms with Crippen molar-refractivity contribution in [2.24, 2.45) is 0 Å². The van der Waals surface area contributed by atoms with Crippen molar-refractivity contribution in [2.75, 3.05) is 4.72 Å². The Morgan fingerprint density at radius 2 is 1.65 bits per heavy atom. The van der Waals surface area contributed by atoms with Crippen LogP contribution < -0.4 is 4.72 Å².